The monoisotopic (exact) mass is 358 g/mol. The zero-order chi connectivity index (χ0) is 18.3. The number of carbonyl (C=O) groups is 1. The fourth-order valence-corrected chi connectivity index (χ4v) is 4.55. The number of halogens is 1. The first-order valence-electron chi connectivity index (χ1n) is 9.63. The molecule has 2 heterocycles. The Morgan fingerprint density at radius 2 is 2.04 bits per heavy atom. The molecule has 1 aromatic carbocycles. The van der Waals surface area contributed by atoms with E-state index in [2.05, 4.69) is 35.0 Å². The maximum atomic E-state index is 13.6. The normalized spacial score (nSPS) is 28.3. The van der Waals surface area contributed by atoms with Gasteiger partial charge in [0.1, 0.15) is 5.82 Å². The van der Waals surface area contributed by atoms with E-state index in [1.54, 1.807) is 12.1 Å². The van der Waals surface area contributed by atoms with Crippen LogP contribution in [0.5, 0.6) is 0 Å². The van der Waals surface area contributed by atoms with Crippen molar-refractivity contribution in [2.24, 2.45) is 5.92 Å². The number of carbonyl (C=O) groups excluding carboxylic acids is 1. The summed E-state index contributed by atoms with van der Waals surface area (Å²) < 4.78 is 13.6. The van der Waals surface area contributed by atoms with Gasteiger partial charge in [-0.25, -0.2) is 4.39 Å². The molecule has 2 aliphatic rings. The predicted octanol–water partition coefficient (Wildman–Crippen LogP) is 3.08. The van der Waals surface area contributed by atoms with Crippen LogP contribution in [-0.2, 0) is 11.2 Å². The molecule has 140 valence electrons. The highest BCUT2D eigenvalue weighted by Gasteiger charge is 2.30. The minimum absolute atomic E-state index is 0.00335. The molecule has 1 fully saturated rings. The van der Waals surface area contributed by atoms with Crippen molar-refractivity contribution in [3.05, 3.63) is 35.3 Å². The van der Waals surface area contributed by atoms with Gasteiger partial charge in [0, 0.05) is 35.1 Å². The van der Waals surface area contributed by atoms with Crippen LogP contribution < -0.4 is 16.2 Å². The summed E-state index contributed by atoms with van der Waals surface area (Å²) in [5.41, 5.74) is 9.63. The molecule has 1 amide bonds. The Kier molecular flexibility index (Phi) is 4.71. The van der Waals surface area contributed by atoms with E-state index < -0.39 is 0 Å². The summed E-state index contributed by atoms with van der Waals surface area (Å²) in [7, 11) is 0. The first-order valence-corrected chi connectivity index (χ1v) is 9.63. The number of benzene rings is 1. The van der Waals surface area contributed by atoms with E-state index in [4.69, 9.17) is 0 Å². The molecule has 1 aliphatic heterocycles. The van der Waals surface area contributed by atoms with Crippen LogP contribution in [0.1, 0.15) is 56.8 Å². The second-order valence-corrected chi connectivity index (χ2v) is 7.79. The van der Waals surface area contributed by atoms with E-state index >= 15 is 0 Å². The van der Waals surface area contributed by atoms with Crippen LogP contribution in [0.3, 0.4) is 0 Å². The van der Waals surface area contributed by atoms with Crippen LogP contribution in [0.2, 0.25) is 0 Å². The standard InChI is InChI=1S/C20H27FN4O/c1-11-14(12(2)25-24-11)7-9-19(26)22-18-5-3-4-15-16-10-13(21)6-8-17(16)23-20(15)18/h6,8,10-12,14,18,23-25H,3-5,7,9H2,1-2H3,(H,22,26). The van der Waals surface area contributed by atoms with Crippen LogP contribution in [-0.4, -0.2) is 23.0 Å². The highest BCUT2D eigenvalue weighted by Crippen LogP contribution is 2.35. The Balaban J connectivity index is 1.45. The van der Waals surface area contributed by atoms with Gasteiger partial charge in [0.05, 0.1) is 6.04 Å². The summed E-state index contributed by atoms with van der Waals surface area (Å²) in [6.45, 7) is 4.30. The minimum atomic E-state index is -0.215. The number of rotatable bonds is 4. The number of H-pyrrole nitrogens is 1. The lowest BCUT2D eigenvalue weighted by Crippen LogP contribution is -2.32. The van der Waals surface area contributed by atoms with Gasteiger partial charge in [-0.05, 0) is 69.2 Å². The van der Waals surface area contributed by atoms with Crippen molar-refractivity contribution >= 4 is 16.8 Å². The fraction of sp³-hybridized carbons (Fsp3) is 0.550. The highest BCUT2D eigenvalue weighted by molar-refractivity contribution is 5.85. The third kappa shape index (κ3) is 3.23. The molecule has 0 spiro atoms. The SMILES string of the molecule is CC1NNC(C)C1CCC(=O)NC1CCCc2c1[nH]c1ccc(F)cc21. The molecule has 4 N–H and O–H groups in total. The Morgan fingerprint density at radius 3 is 2.81 bits per heavy atom. The van der Waals surface area contributed by atoms with Crippen LogP contribution in [0.25, 0.3) is 10.9 Å². The molecule has 1 aliphatic carbocycles. The van der Waals surface area contributed by atoms with Crippen molar-refractivity contribution in [1.82, 2.24) is 21.2 Å². The summed E-state index contributed by atoms with van der Waals surface area (Å²) in [6.07, 6.45) is 4.26. The lowest BCUT2D eigenvalue weighted by Gasteiger charge is -2.24. The summed E-state index contributed by atoms with van der Waals surface area (Å²) in [5, 5.41) is 4.15. The van der Waals surface area contributed by atoms with Crippen molar-refractivity contribution in [3.8, 4) is 0 Å². The molecule has 26 heavy (non-hydrogen) atoms. The maximum absolute atomic E-state index is 13.6. The van der Waals surface area contributed by atoms with E-state index in [0.717, 1.165) is 47.8 Å². The largest absolute Gasteiger partial charge is 0.356 e. The Hall–Kier alpha value is -1.92. The molecular weight excluding hydrogens is 331 g/mol. The minimum Gasteiger partial charge on any atom is -0.356 e. The summed E-state index contributed by atoms with van der Waals surface area (Å²) in [6, 6.07) is 5.61. The molecule has 1 saturated heterocycles. The molecule has 2 aromatic rings. The molecular formula is C20H27FN4O. The van der Waals surface area contributed by atoms with Gasteiger partial charge in [-0.15, -0.1) is 0 Å². The van der Waals surface area contributed by atoms with Gasteiger partial charge < -0.3 is 10.3 Å². The zero-order valence-electron chi connectivity index (χ0n) is 15.4. The Morgan fingerprint density at radius 1 is 1.27 bits per heavy atom. The predicted molar refractivity (Wildman–Crippen MR) is 100.0 cm³/mol. The molecule has 5 nitrogen and oxygen atoms in total. The molecule has 3 unspecified atom stereocenters. The number of hydrogen-bond acceptors (Lipinski definition) is 3. The number of nitrogens with one attached hydrogen (secondary N) is 4. The van der Waals surface area contributed by atoms with Gasteiger partial charge in [-0.2, -0.15) is 0 Å². The number of aromatic amines is 1. The molecule has 0 saturated carbocycles. The summed E-state index contributed by atoms with van der Waals surface area (Å²) >= 11 is 0. The van der Waals surface area contributed by atoms with E-state index in [1.807, 2.05) is 0 Å². The number of amides is 1. The second kappa shape index (κ2) is 7.00. The quantitative estimate of drug-likeness (QED) is 0.679. The number of hydrazine groups is 1. The number of aromatic nitrogens is 1. The molecule has 6 heteroatoms. The van der Waals surface area contributed by atoms with Crippen LogP contribution >= 0.6 is 0 Å². The topological polar surface area (TPSA) is 68.9 Å². The second-order valence-electron chi connectivity index (χ2n) is 7.79. The van der Waals surface area contributed by atoms with E-state index in [1.165, 1.54) is 6.07 Å². The first-order chi connectivity index (χ1) is 12.5. The molecule has 1 aromatic heterocycles. The maximum Gasteiger partial charge on any atom is 0.220 e. The lowest BCUT2D eigenvalue weighted by atomic mass is 9.90. The van der Waals surface area contributed by atoms with Crippen molar-refractivity contribution in [2.75, 3.05) is 0 Å². The molecule has 4 rings (SSSR count). The van der Waals surface area contributed by atoms with Crippen LogP contribution in [0.4, 0.5) is 4.39 Å². The van der Waals surface area contributed by atoms with Crippen molar-refractivity contribution in [1.29, 1.82) is 0 Å². The van der Waals surface area contributed by atoms with E-state index in [0.29, 0.717) is 24.4 Å². The summed E-state index contributed by atoms with van der Waals surface area (Å²) in [5.74, 6) is 0.338. The van der Waals surface area contributed by atoms with Gasteiger partial charge in [0.2, 0.25) is 5.91 Å². The third-order valence-electron chi connectivity index (χ3n) is 6.03. The van der Waals surface area contributed by atoms with Gasteiger partial charge in [-0.1, -0.05) is 0 Å². The lowest BCUT2D eigenvalue weighted by molar-refractivity contribution is -0.122. The van der Waals surface area contributed by atoms with Crippen molar-refractivity contribution in [2.45, 2.75) is 64.1 Å². The summed E-state index contributed by atoms with van der Waals surface area (Å²) in [4.78, 5) is 15.9. The molecule has 3 atom stereocenters. The highest BCUT2D eigenvalue weighted by atomic mass is 19.1. The number of aryl methyl sites for hydroxylation is 1. The van der Waals surface area contributed by atoms with Gasteiger partial charge in [0.15, 0.2) is 0 Å². The average Bonchev–Trinajstić information content (AvgIpc) is 3.14. The smallest absolute Gasteiger partial charge is 0.220 e. The van der Waals surface area contributed by atoms with Crippen molar-refractivity contribution in [3.63, 3.8) is 0 Å². The number of hydrogen-bond donors (Lipinski definition) is 4. The molecule has 0 bridgehead atoms. The molecule has 0 radical (unpaired) electrons. The van der Waals surface area contributed by atoms with Gasteiger partial charge in [0.25, 0.3) is 0 Å². The number of fused-ring (bicyclic) bond motifs is 3. The third-order valence-corrected chi connectivity index (χ3v) is 6.03. The van der Waals surface area contributed by atoms with E-state index in [9.17, 15) is 9.18 Å². The fourth-order valence-electron chi connectivity index (χ4n) is 4.55. The van der Waals surface area contributed by atoms with E-state index in [-0.39, 0.29) is 17.8 Å². The van der Waals surface area contributed by atoms with Gasteiger partial charge >= 0.3 is 0 Å². The Bertz CT molecular complexity index is 807. The van der Waals surface area contributed by atoms with Crippen LogP contribution in [0.15, 0.2) is 18.2 Å². The van der Waals surface area contributed by atoms with Gasteiger partial charge in [-0.3, -0.25) is 15.6 Å². The van der Waals surface area contributed by atoms with Crippen LogP contribution in [0, 0.1) is 11.7 Å². The first kappa shape index (κ1) is 17.5. The average molecular weight is 358 g/mol. The zero-order valence-corrected chi connectivity index (χ0v) is 15.4. The Labute approximate surface area is 153 Å². The van der Waals surface area contributed by atoms with Crippen molar-refractivity contribution < 1.29 is 9.18 Å².